The van der Waals surface area contributed by atoms with Crippen molar-refractivity contribution in [2.75, 3.05) is 6.61 Å². The zero-order valence-electron chi connectivity index (χ0n) is 19.4. The third kappa shape index (κ3) is 5.77. The van der Waals surface area contributed by atoms with Crippen molar-refractivity contribution in [3.8, 4) is 5.82 Å². The van der Waals surface area contributed by atoms with E-state index in [0.717, 1.165) is 5.56 Å². The van der Waals surface area contributed by atoms with Gasteiger partial charge < -0.3 is 14.8 Å². The molecule has 4 rings (SSSR count). The van der Waals surface area contributed by atoms with Gasteiger partial charge >= 0.3 is 6.09 Å². The van der Waals surface area contributed by atoms with Crippen LogP contribution in [0.1, 0.15) is 38.2 Å². The Bertz CT molecular complexity index is 1250. The molecule has 34 heavy (non-hydrogen) atoms. The van der Waals surface area contributed by atoms with Crippen LogP contribution in [-0.2, 0) is 16.1 Å². The van der Waals surface area contributed by atoms with E-state index in [0.29, 0.717) is 29.3 Å². The van der Waals surface area contributed by atoms with Crippen molar-refractivity contribution < 1.29 is 18.7 Å². The van der Waals surface area contributed by atoms with Gasteiger partial charge in [-0.15, -0.1) is 0 Å². The number of nitrogens with one attached hydrogen (secondary N) is 1. The number of aromatic nitrogens is 3. The Balaban J connectivity index is 1.72. The summed E-state index contributed by atoms with van der Waals surface area (Å²) in [6, 6.07) is 18.8. The number of carbonyl (C=O) groups excluding carboxylic acids is 1. The molecule has 1 atom stereocenters. The van der Waals surface area contributed by atoms with Crippen LogP contribution in [0.3, 0.4) is 0 Å². The lowest BCUT2D eigenvalue weighted by Gasteiger charge is -2.24. The fourth-order valence-corrected chi connectivity index (χ4v) is 3.53. The number of hydrogen-bond acceptors (Lipinski definition) is 5. The first-order valence-corrected chi connectivity index (χ1v) is 11.0. The third-order valence-corrected chi connectivity index (χ3v) is 4.92. The maximum absolute atomic E-state index is 14.2. The van der Waals surface area contributed by atoms with Crippen LogP contribution in [0.25, 0.3) is 16.9 Å². The first kappa shape index (κ1) is 23.4. The predicted octanol–water partition coefficient (Wildman–Crippen LogP) is 5.34. The van der Waals surface area contributed by atoms with Gasteiger partial charge in [-0.2, -0.15) is 0 Å². The summed E-state index contributed by atoms with van der Waals surface area (Å²) in [5.41, 5.74) is 1.43. The number of pyridine rings is 1. The second-order valence-electron chi connectivity index (χ2n) is 8.83. The summed E-state index contributed by atoms with van der Waals surface area (Å²) in [5.74, 6) is 0.607. The van der Waals surface area contributed by atoms with Gasteiger partial charge in [0.2, 0.25) is 0 Å². The smallest absolute Gasteiger partial charge is 0.408 e. The van der Waals surface area contributed by atoms with Gasteiger partial charge in [0.1, 0.15) is 29.1 Å². The topological polar surface area (TPSA) is 78.3 Å². The van der Waals surface area contributed by atoms with E-state index in [-0.39, 0.29) is 6.61 Å². The van der Waals surface area contributed by atoms with Gasteiger partial charge in [0, 0.05) is 12.3 Å². The zero-order chi connectivity index (χ0) is 24.1. The van der Waals surface area contributed by atoms with Crippen LogP contribution in [-0.4, -0.2) is 32.8 Å². The van der Waals surface area contributed by atoms with Crippen molar-refractivity contribution in [1.82, 2.24) is 19.9 Å². The Labute approximate surface area is 197 Å². The maximum Gasteiger partial charge on any atom is 0.408 e. The van der Waals surface area contributed by atoms with E-state index in [1.165, 1.54) is 12.1 Å². The standard InChI is InChI=1S/C26H27FN4O3/c1-26(2,3)34-25(32)30-21(17-33-16-18-9-5-4-6-10-18)24-29-20-13-12-19(27)15-22(20)31(24)23-11-7-8-14-28-23/h4-15,21H,16-17H2,1-3H3,(H,30,32)/t21-/m0/s1. The number of benzene rings is 2. The Hall–Kier alpha value is -3.78. The number of hydrogen-bond donors (Lipinski definition) is 1. The number of nitrogens with zero attached hydrogens (tertiary/aromatic N) is 3. The minimum Gasteiger partial charge on any atom is -0.444 e. The number of halogens is 1. The fourth-order valence-electron chi connectivity index (χ4n) is 3.53. The summed E-state index contributed by atoms with van der Waals surface area (Å²) in [4.78, 5) is 21.8. The van der Waals surface area contributed by atoms with Crippen molar-refractivity contribution in [3.05, 3.63) is 90.1 Å². The van der Waals surface area contributed by atoms with Gasteiger partial charge in [-0.05, 0) is 50.6 Å². The van der Waals surface area contributed by atoms with E-state index in [2.05, 4.69) is 10.3 Å². The van der Waals surface area contributed by atoms with Crippen LogP contribution >= 0.6 is 0 Å². The highest BCUT2D eigenvalue weighted by Gasteiger charge is 2.26. The van der Waals surface area contributed by atoms with Gasteiger partial charge in [0.15, 0.2) is 0 Å². The second kappa shape index (κ2) is 10.0. The number of amides is 1. The number of rotatable bonds is 7. The monoisotopic (exact) mass is 462 g/mol. The molecule has 0 aliphatic rings. The van der Waals surface area contributed by atoms with Gasteiger partial charge in [-0.25, -0.2) is 19.2 Å². The van der Waals surface area contributed by atoms with Crippen LogP contribution in [0.5, 0.6) is 0 Å². The molecule has 4 aromatic rings. The summed E-state index contributed by atoms with van der Waals surface area (Å²) in [6.45, 7) is 5.84. The van der Waals surface area contributed by atoms with E-state index in [1.807, 2.05) is 36.4 Å². The molecular formula is C26H27FN4O3. The number of fused-ring (bicyclic) bond motifs is 1. The lowest BCUT2D eigenvalue weighted by Crippen LogP contribution is -2.37. The van der Waals surface area contributed by atoms with Crippen LogP contribution in [0.4, 0.5) is 9.18 Å². The summed E-state index contributed by atoms with van der Waals surface area (Å²) < 4.78 is 27.3. The number of alkyl carbamates (subject to hydrolysis) is 1. The van der Waals surface area contributed by atoms with Crippen molar-refractivity contribution >= 4 is 17.1 Å². The molecule has 0 spiro atoms. The molecule has 0 fully saturated rings. The minimum atomic E-state index is -0.684. The molecule has 0 aliphatic heterocycles. The summed E-state index contributed by atoms with van der Waals surface area (Å²) in [5, 5.41) is 2.87. The molecule has 1 amide bonds. The molecule has 176 valence electrons. The summed E-state index contributed by atoms with van der Waals surface area (Å²) in [7, 11) is 0. The largest absolute Gasteiger partial charge is 0.444 e. The molecule has 0 saturated heterocycles. The molecule has 2 aromatic carbocycles. The fraction of sp³-hybridized carbons (Fsp3) is 0.269. The molecule has 0 aliphatic carbocycles. The van der Waals surface area contributed by atoms with E-state index >= 15 is 0 Å². The maximum atomic E-state index is 14.2. The van der Waals surface area contributed by atoms with Gasteiger partial charge in [-0.1, -0.05) is 36.4 Å². The van der Waals surface area contributed by atoms with Crippen LogP contribution in [0, 0.1) is 5.82 Å². The molecule has 0 bridgehead atoms. The van der Waals surface area contributed by atoms with Crippen molar-refractivity contribution in [3.63, 3.8) is 0 Å². The van der Waals surface area contributed by atoms with Gasteiger partial charge in [0.05, 0.1) is 24.2 Å². The number of carbonyl (C=O) groups is 1. The molecule has 7 nitrogen and oxygen atoms in total. The summed E-state index contributed by atoms with van der Waals surface area (Å²) >= 11 is 0. The molecule has 0 saturated carbocycles. The minimum absolute atomic E-state index is 0.118. The van der Waals surface area contributed by atoms with E-state index in [9.17, 15) is 9.18 Å². The Morgan fingerprint density at radius 3 is 2.56 bits per heavy atom. The second-order valence-corrected chi connectivity index (χ2v) is 8.83. The first-order chi connectivity index (χ1) is 16.3. The van der Waals surface area contributed by atoms with E-state index < -0.39 is 23.6 Å². The average Bonchev–Trinajstić information content (AvgIpc) is 3.17. The third-order valence-electron chi connectivity index (χ3n) is 4.92. The predicted molar refractivity (Wildman–Crippen MR) is 127 cm³/mol. The normalized spacial score (nSPS) is 12.5. The van der Waals surface area contributed by atoms with Gasteiger partial charge in [-0.3, -0.25) is 4.57 Å². The molecule has 2 heterocycles. The highest BCUT2D eigenvalue weighted by molar-refractivity contribution is 5.78. The van der Waals surface area contributed by atoms with Crippen molar-refractivity contribution in [2.45, 2.75) is 39.0 Å². The summed E-state index contributed by atoms with van der Waals surface area (Å²) in [6.07, 6.45) is 1.04. The number of imidazole rings is 1. The van der Waals surface area contributed by atoms with Crippen LogP contribution in [0.2, 0.25) is 0 Å². The Kier molecular flexibility index (Phi) is 6.88. The van der Waals surface area contributed by atoms with Crippen molar-refractivity contribution in [1.29, 1.82) is 0 Å². The highest BCUT2D eigenvalue weighted by Crippen LogP contribution is 2.26. The van der Waals surface area contributed by atoms with Crippen LogP contribution in [0.15, 0.2) is 72.9 Å². The first-order valence-electron chi connectivity index (χ1n) is 11.0. The highest BCUT2D eigenvalue weighted by atomic mass is 19.1. The molecule has 8 heteroatoms. The molecular weight excluding hydrogens is 435 g/mol. The molecule has 0 radical (unpaired) electrons. The number of ether oxygens (including phenoxy) is 2. The lowest BCUT2D eigenvalue weighted by molar-refractivity contribution is 0.0419. The quantitative estimate of drug-likeness (QED) is 0.401. The average molecular weight is 463 g/mol. The molecule has 0 unspecified atom stereocenters. The van der Waals surface area contributed by atoms with E-state index in [1.54, 1.807) is 49.7 Å². The van der Waals surface area contributed by atoms with Gasteiger partial charge in [0.25, 0.3) is 0 Å². The SMILES string of the molecule is CC(C)(C)OC(=O)N[C@@H](COCc1ccccc1)c1nc2ccc(F)cc2n1-c1ccccn1. The Morgan fingerprint density at radius 1 is 1.09 bits per heavy atom. The molecule has 1 N–H and O–H groups in total. The lowest BCUT2D eigenvalue weighted by atomic mass is 10.2. The molecule has 2 aromatic heterocycles. The van der Waals surface area contributed by atoms with Crippen LogP contribution < -0.4 is 5.32 Å². The van der Waals surface area contributed by atoms with E-state index in [4.69, 9.17) is 14.5 Å². The van der Waals surface area contributed by atoms with Crippen molar-refractivity contribution in [2.24, 2.45) is 0 Å². The Morgan fingerprint density at radius 2 is 1.85 bits per heavy atom. The zero-order valence-corrected chi connectivity index (χ0v) is 19.4.